The fraction of sp³-hybridized carbons (Fsp3) is 0. The van der Waals surface area contributed by atoms with Crippen LogP contribution in [0.1, 0.15) is 5.56 Å². The van der Waals surface area contributed by atoms with Gasteiger partial charge in [0.05, 0.1) is 66.1 Å². The van der Waals surface area contributed by atoms with Crippen LogP contribution in [0.3, 0.4) is 0 Å². The maximum atomic E-state index is 17.5. The number of aromatic nitrogens is 4. The van der Waals surface area contributed by atoms with Gasteiger partial charge < -0.3 is 18.1 Å². The summed E-state index contributed by atoms with van der Waals surface area (Å²) in [6.45, 7) is 0. The first-order valence-corrected chi connectivity index (χ1v) is 22.9. The van der Waals surface area contributed by atoms with Crippen molar-refractivity contribution in [2.45, 2.75) is 0 Å². The van der Waals surface area contributed by atoms with Crippen molar-refractivity contribution < 1.29 is 17.6 Å². The average molecular weight is 910 g/mol. The molecule has 0 aliphatic carbocycles. The molecule has 328 valence electrons. The van der Waals surface area contributed by atoms with E-state index in [4.69, 9.17) is 0 Å². The summed E-state index contributed by atoms with van der Waals surface area (Å²) in [4.78, 5) is 0. The molecule has 0 N–H and O–H groups in total. The lowest BCUT2D eigenvalue weighted by atomic mass is 10.0. The third-order valence-corrected chi connectivity index (χ3v) is 14.6. The molecule has 0 aliphatic rings. The van der Waals surface area contributed by atoms with E-state index in [1.54, 1.807) is 30.3 Å². The van der Waals surface area contributed by atoms with Crippen molar-refractivity contribution in [2.24, 2.45) is 0 Å². The Hall–Kier alpha value is -9.39. The van der Waals surface area contributed by atoms with Gasteiger partial charge in [0.25, 0.3) is 0 Å². The quantitative estimate of drug-likeness (QED) is 0.0989. The molecule has 9 heteroatoms. The smallest absolute Gasteiger partial charge is 0.195 e. The molecule has 0 aliphatic heterocycles. The highest BCUT2D eigenvalue weighted by molar-refractivity contribution is 6.29. The largest absolute Gasteiger partial charge is 0.309 e. The van der Waals surface area contributed by atoms with Crippen LogP contribution in [0.5, 0.6) is 0 Å². The second-order valence-corrected chi connectivity index (χ2v) is 18.0. The maximum Gasteiger partial charge on any atom is 0.195 e. The van der Waals surface area contributed by atoms with E-state index in [1.165, 1.54) is 0 Å². The molecule has 15 aromatic rings. The summed E-state index contributed by atoms with van der Waals surface area (Å²) in [6, 6.07) is 63.6. The van der Waals surface area contributed by atoms with Crippen molar-refractivity contribution in [3.8, 4) is 23.1 Å². The van der Waals surface area contributed by atoms with E-state index >= 15 is 17.6 Å². The second kappa shape index (κ2) is 13.8. The van der Waals surface area contributed by atoms with Gasteiger partial charge in [-0.2, -0.15) is 5.26 Å². The maximum absolute atomic E-state index is 17.5. The molecule has 4 bridgehead atoms. The van der Waals surface area contributed by atoms with Crippen molar-refractivity contribution in [1.82, 2.24) is 18.1 Å². The summed E-state index contributed by atoms with van der Waals surface area (Å²) in [6.07, 6.45) is 0. The fourth-order valence-corrected chi connectivity index (χ4v) is 11.8. The summed E-state index contributed by atoms with van der Waals surface area (Å²) >= 11 is 0. The van der Waals surface area contributed by atoms with Crippen LogP contribution < -0.4 is 0 Å². The van der Waals surface area contributed by atoms with Crippen LogP contribution in [-0.4, -0.2) is 18.1 Å². The number of nitriles is 1. The standard InChI is InChI=1S/C61H31F4N5/c62-55-51-33-23-24-37-39-26-30-49-53(41-19-9-12-22-46(41)68(49)35-15-5-2-6-16-35)61(39)70(50(37)31-33)59-42(54(55)57(64)58(65)56(51)63)27-28-47(43(59)32-66)69-44-20-10-7-17-36(44)38-25-29-48-52(60(38)69)40-18-8-11-21-45(40)67(48)34-13-3-1-4-14-34/h1-31H. The van der Waals surface area contributed by atoms with Gasteiger partial charge in [-0.05, 0) is 78.2 Å². The Bertz CT molecular complexity index is 4880. The monoisotopic (exact) mass is 909 g/mol. The minimum Gasteiger partial charge on any atom is -0.309 e. The summed E-state index contributed by atoms with van der Waals surface area (Å²) in [5.41, 5.74) is 9.03. The fourth-order valence-electron chi connectivity index (χ4n) is 11.8. The Morgan fingerprint density at radius 1 is 0.329 bits per heavy atom. The lowest BCUT2D eigenvalue weighted by molar-refractivity contribution is 0.451. The molecule has 10 aromatic carbocycles. The Kier molecular flexibility index (Phi) is 7.65. The third-order valence-electron chi connectivity index (χ3n) is 14.6. The summed E-state index contributed by atoms with van der Waals surface area (Å²) < 4.78 is 75.1. The molecule has 0 unspecified atom stereocenters. The van der Waals surface area contributed by atoms with E-state index in [-0.39, 0.29) is 21.9 Å². The molecule has 0 atom stereocenters. The molecule has 5 heterocycles. The molecule has 70 heavy (non-hydrogen) atoms. The molecular formula is C61H31F4N5. The van der Waals surface area contributed by atoms with E-state index in [1.807, 2.05) is 108 Å². The van der Waals surface area contributed by atoms with E-state index in [0.29, 0.717) is 16.7 Å². The summed E-state index contributed by atoms with van der Waals surface area (Å²) in [7, 11) is 0. The Labute approximate surface area is 393 Å². The molecule has 15 rings (SSSR count). The molecule has 5 aromatic heterocycles. The van der Waals surface area contributed by atoms with E-state index in [9.17, 15) is 5.26 Å². The van der Waals surface area contributed by atoms with Gasteiger partial charge in [0.2, 0.25) is 0 Å². The van der Waals surface area contributed by atoms with E-state index in [2.05, 4.69) is 74.4 Å². The minimum atomic E-state index is -1.80. The van der Waals surface area contributed by atoms with Crippen LogP contribution in [0, 0.1) is 34.6 Å². The first-order valence-electron chi connectivity index (χ1n) is 22.9. The molecule has 0 saturated carbocycles. The molecule has 0 radical (unpaired) electrons. The van der Waals surface area contributed by atoms with Gasteiger partial charge in [-0.15, -0.1) is 0 Å². The van der Waals surface area contributed by atoms with Crippen LogP contribution in [0.15, 0.2) is 188 Å². The number of nitrogens with zero attached hydrogens (tertiary/aromatic N) is 5. The van der Waals surface area contributed by atoms with Gasteiger partial charge in [0, 0.05) is 59.9 Å². The molecule has 0 fully saturated rings. The van der Waals surface area contributed by atoms with Gasteiger partial charge in [-0.1, -0.05) is 115 Å². The average Bonchev–Trinajstić information content (AvgIpc) is 4.13. The zero-order valence-electron chi connectivity index (χ0n) is 36.6. The predicted octanol–water partition coefficient (Wildman–Crippen LogP) is 16.3. The molecule has 5 nitrogen and oxygen atoms in total. The first kappa shape index (κ1) is 38.7. The number of benzene rings is 10. The number of halogens is 4. The Morgan fingerprint density at radius 3 is 1.43 bits per heavy atom. The second-order valence-electron chi connectivity index (χ2n) is 18.0. The zero-order valence-corrected chi connectivity index (χ0v) is 36.6. The van der Waals surface area contributed by atoms with Crippen molar-refractivity contribution >= 4 is 114 Å². The van der Waals surface area contributed by atoms with Crippen LogP contribution in [-0.2, 0) is 0 Å². The normalized spacial score (nSPS) is 12.3. The zero-order chi connectivity index (χ0) is 46.7. The number of hydrogen-bond acceptors (Lipinski definition) is 1. The Morgan fingerprint density at radius 2 is 0.814 bits per heavy atom. The molecule has 0 spiro atoms. The van der Waals surface area contributed by atoms with E-state index in [0.717, 1.165) is 87.6 Å². The van der Waals surface area contributed by atoms with Gasteiger partial charge in [0.15, 0.2) is 17.5 Å². The lowest BCUT2D eigenvalue weighted by Crippen LogP contribution is -2.02. The highest BCUT2D eigenvalue weighted by Crippen LogP contribution is 2.47. The number of hydrogen-bond donors (Lipinski definition) is 0. The summed E-state index contributed by atoms with van der Waals surface area (Å²) in [5, 5.41) is 17.5. The van der Waals surface area contributed by atoms with E-state index < -0.39 is 34.0 Å². The first-order chi connectivity index (χ1) is 34.4. The molecular weight excluding hydrogens is 879 g/mol. The number of rotatable bonds is 3. The van der Waals surface area contributed by atoms with Gasteiger partial charge in [0.1, 0.15) is 17.4 Å². The Balaban J connectivity index is 1.23. The highest BCUT2D eigenvalue weighted by Gasteiger charge is 2.29. The van der Waals surface area contributed by atoms with Crippen LogP contribution in [0.2, 0.25) is 0 Å². The number of para-hydroxylation sites is 5. The molecule has 0 saturated heterocycles. The van der Waals surface area contributed by atoms with Gasteiger partial charge >= 0.3 is 0 Å². The minimum absolute atomic E-state index is 0.0285. The number of fused-ring (bicyclic) bond motifs is 21. The highest BCUT2D eigenvalue weighted by atomic mass is 19.2. The topological polar surface area (TPSA) is 43.0 Å². The molecule has 0 amide bonds. The van der Waals surface area contributed by atoms with Crippen LogP contribution in [0.25, 0.3) is 131 Å². The van der Waals surface area contributed by atoms with Crippen molar-refractivity contribution in [3.05, 3.63) is 217 Å². The van der Waals surface area contributed by atoms with Crippen LogP contribution >= 0.6 is 0 Å². The SMILES string of the molecule is N#Cc1c(-n2c3ccccc3c3ccc4c(c5ccccc5n4-c4ccccc4)c32)ccc2c3c(F)c(F)c(F)c(c3F)c3ccc4c5ccc6c(c7ccccc7n6-c6ccccc6)c5n(c4c3)c12. The van der Waals surface area contributed by atoms with Crippen molar-refractivity contribution in [1.29, 1.82) is 5.26 Å². The van der Waals surface area contributed by atoms with Crippen molar-refractivity contribution in [3.63, 3.8) is 0 Å². The van der Waals surface area contributed by atoms with Gasteiger partial charge in [-0.25, -0.2) is 17.6 Å². The lowest BCUT2D eigenvalue weighted by Gasteiger charge is -2.15. The third kappa shape index (κ3) is 4.79. The van der Waals surface area contributed by atoms with Gasteiger partial charge in [-0.3, -0.25) is 0 Å². The summed E-state index contributed by atoms with van der Waals surface area (Å²) in [5.74, 6) is -6.37. The predicted molar refractivity (Wildman–Crippen MR) is 275 cm³/mol. The van der Waals surface area contributed by atoms with Crippen LogP contribution in [0.4, 0.5) is 17.6 Å². The van der Waals surface area contributed by atoms with Crippen molar-refractivity contribution in [2.75, 3.05) is 0 Å².